The van der Waals surface area contributed by atoms with Crippen molar-refractivity contribution in [3.8, 4) is 0 Å². The molecule has 1 fully saturated rings. The summed E-state index contributed by atoms with van der Waals surface area (Å²) in [6, 6.07) is 16.5. The second kappa shape index (κ2) is 12.2. The minimum absolute atomic E-state index is 0.0379. The Balaban J connectivity index is 1.72. The lowest BCUT2D eigenvalue weighted by Gasteiger charge is -2.35. The Bertz CT molecular complexity index is 925. The van der Waals surface area contributed by atoms with Crippen LogP contribution in [0.2, 0.25) is 5.02 Å². The van der Waals surface area contributed by atoms with Crippen molar-refractivity contribution in [1.82, 2.24) is 15.5 Å². The highest BCUT2D eigenvalue weighted by Gasteiger charge is 2.27. The first kappa shape index (κ1) is 26.0. The summed E-state index contributed by atoms with van der Waals surface area (Å²) >= 11 is 6.09. The van der Waals surface area contributed by atoms with Crippen molar-refractivity contribution in [2.75, 3.05) is 32.8 Å². The summed E-state index contributed by atoms with van der Waals surface area (Å²) in [6.45, 7) is 8.60. The molecule has 2 unspecified atom stereocenters. The van der Waals surface area contributed by atoms with Crippen LogP contribution in [0.3, 0.4) is 0 Å². The van der Waals surface area contributed by atoms with Crippen molar-refractivity contribution in [3.05, 3.63) is 70.7 Å². The van der Waals surface area contributed by atoms with Gasteiger partial charge in [-0.15, -0.1) is 0 Å². The number of nitrogens with one attached hydrogen (secondary N) is 2. The molecule has 2 atom stereocenters. The van der Waals surface area contributed by atoms with E-state index in [0.717, 1.165) is 24.2 Å². The molecule has 8 heteroatoms. The summed E-state index contributed by atoms with van der Waals surface area (Å²) in [7, 11) is 0. The van der Waals surface area contributed by atoms with Crippen molar-refractivity contribution >= 4 is 23.6 Å². The second-order valence-electron chi connectivity index (χ2n) is 9.35. The van der Waals surface area contributed by atoms with E-state index in [2.05, 4.69) is 15.5 Å². The quantitative estimate of drug-likeness (QED) is 0.589. The van der Waals surface area contributed by atoms with Gasteiger partial charge in [0.15, 0.2) is 0 Å². The van der Waals surface area contributed by atoms with Gasteiger partial charge < -0.3 is 20.1 Å². The molecule has 0 radical (unpaired) electrons. The molecule has 2 amide bonds. The number of nitrogens with zero attached hydrogens (tertiary/aromatic N) is 1. The van der Waals surface area contributed by atoms with E-state index in [-0.39, 0.29) is 11.9 Å². The Labute approximate surface area is 206 Å². The summed E-state index contributed by atoms with van der Waals surface area (Å²) in [6.07, 6.45) is -0.263. The average molecular weight is 488 g/mol. The molecule has 184 valence electrons. The lowest BCUT2D eigenvalue weighted by Crippen LogP contribution is -2.51. The highest BCUT2D eigenvalue weighted by Crippen LogP contribution is 2.23. The second-order valence-corrected chi connectivity index (χ2v) is 9.79. The van der Waals surface area contributed by atoms with E-state index < -0.39 is 17.7 Å². The largest absolute Gasteiger partial charge is 0.444 e. The van der Waals surface area contributed by atoms with Crippen LogP contribution < -0.4 is 10.6 Å². The fourth-order valence-corrected chi connectivity index (χ4v) is 3.99. The fourth-order valence-electron chi connectivity index (χ4n) is 3.86. The number of benzene rings is 2. The van der Waals surface area contributed by atoms with Crippen molar-refractivity contribution in [3.63, 3.8) is 0 Å². The number of morpholine rings is 1. The maximum atomic E-state index is 13.3. The SMILES string of the molecule is CC(C)(C)OC(=O)NC(Cc1ccccc1)C(=O)NCC(c1ccc(Cl)cc1)N1CCOCC1. The van der Waals surface area contributed by atoms with Gasteiger partial charge in [-0.05, 0) is 44.0 Å². The number of amides is 2. The van der Waals surface area contributed by atoms with Crippen LogP contribution >= 0.6 is 11.6 Å². The molecule has 0 aromatic heterocycles. The van der Waals surface area contributed by atoms with E-state index in [1.807, 2.05) is 54.6 Å². The van der Waals surface area contributed by atoms with E-state index in [4.69, 9.17) is 21.1 Å². The van der Waals surface area contributed by atoms with E-state index >= 15 is 0 Å². The zero-order chi connectivity index (χ0) is 24.6. The van der Waals surface area contributed by atoms with Crippen molar-refractivity contribution < 1.29 is 19.1 Å². The van der Waals surface area contributed by atoms with Gasteiger partial charge in [-0.25, -0.2) is 4.79 Å². The van der Waals surface area contributed by atoms with Gasteiger partial charge in [-0.1, -0.05) is 54.1 Å². The molecule has 1 aliphatic heterocycles. The number of alkyl carbamates (subject to hydrolysis) is 1. The number of hydrogen-bond donors (Lipinski definition) is 2. The van der Waals surface area contributed by atoms with Gasteiger partial charge in [0.1, 0.15) is 11.6 Å². The Hall–Kier alpha value is -2.61. The molecule has 1 heterocycles. The Morgan fingerprint density at radius 2 is 1.71 bits per heavy atom. The van der Waals surface area contributed by atoms with Crippen LogP contribution in [0.4, 0.5) is 4.79 Å². The van der Waals surface area contributed by atoms with Gasteiger partial charge in [0, 0.05) is 31.1 Å². The predicted octanol–water partition coefficient (Wildman–Crippen LogP) is 3.97. The first-order chi connectivity index (χ1) is 16.2. The van der Waals surface area contributed by atoms with Gasteiger partial charge in [-0.3, -0.25) is 9.69 Å². The number of rotatable bonds is 8. The highest BCUT2D eigenvalue weighted by molar-refractivity contribution is 6.30. The molecule has 3 rings (SSSR count). The molecule has 7 nitrogen and oxygen atoms in total. The van der Waals surface area contributed by atoms with Crippen LogP contribution in [0.25, 0.3) is 0 Å². The number of ether oxygens (including phenoxy) is 2. The van der Waals surface area contributed by atoms with Gasteiger partial charge >= 0.3 is 6.09 Å². The topological polar surface area (TPSA) is 79.9 Å². The molecule has 0 saturated carbocycles. The van der Waals surface area contributed by atoms with Crippen LogP contribution in [-0.4, -0.2) is 61.4 Å². The van der Waals surface area contributed by atoms with E-state index in [0.29, 0.717) is 31.2 Å². The van der Waals surface area contributed by atoms with Crippen LogP contribution in [0.5, 0.6) is 0 Å². The highest BCUT2D eigenvalue weighted by atomic mass is 35.5. The number of hydrogen-bond acceptors (Lipinski definition) is 5. The van der Waals surface area contributed by atoms with Crippen molar-refractivity contribution in [1.29, 1.82) is 0 Å². The zero-order valence-corrected chi connectivity index (χ0v) is 20.8. The molecular formula is C26H34ClN3O4. The molecule has 0 spiro atoms. The standard InChI is InChI=1S/C26H34ClN3O4/c1-26(2,3)34-25(32)29-22(17-19-7-5-4-6-8-19)24(31)28-18-23(30-13-15-33-16-14-30)20-9-11-21(27)12-10-20/h4-12,22-23H,13-18H2,1-3H3,(H,28,31)(H,29,32). The van der Waals surface area contributed by atoms with Gasteiger partial charge in [0.05, 0.1) is 19.3 Å². The minimum Gasteiger partial charge on any atom is -0.444 e. The molecule has 0 aliphatic carbocycles. The van der Waals surface area contributed by atoms with Crippen molar-refractivity contribution in [2.24, 2.45) is 0 Å². The Kier molecular flexibility index (Phi) is 9.33. The van der Waals surface area contributed by atoms with Crippen LogP contribution in [0, 0.1) is 0 Å². The van der Waals surface area contributed by atoms with Crippen LogP contribution in [-0.2, 0) is 20.7 Å². The van der Waals surface area contributed by atoms with E-state index in [1.54, 1.807) is 20.8 Å². The van der Waals surface area contributed by atoms with Crippen LogP contribution in [0.1, 0.15) is 37.9 Å². The first-order valence-electron chi connectivity index (χ1n) is 11.6. The maximum Gasteiger partial charge on any atom is 0.408 e. The van der Waals surface area contributed by atoms with E-state index in [9.17, 15) is 9.59 Å². The molecule has 1 saturated heterocycles. The third-order valence-electron chi connectivity index (χ3n) is 5.50. The molecule has 2 N–H and O–H groups in total. The molecule has 0 bridgehead atoms. The van der Waals surface area contributed by atoms with Gasteiger partial charge in [-0.2, -0.15) is 0 Å². The third kappa shape index (κ3) is 8.31. The summed E-state index contributed by atoms with van der Waals surface area (Å²) < 4.78 is 10.9. The number of carbonyl (C=O) groups excluding carboxylic acids is 2. The lowest BCUT2D eigenvalue weighted by molar-refractivity contribution is -0.123. The monoisotopic (exact) mass is 487 g/mol. The summed E-state index contributed by atoms with van der Waals surface area (Å²) in [4.78, 5) is 28.0. The lowest BCUT2D eigenvalue weighted by atomic mass is 10.0. The average Bonchev–Trinajstić information content (AvgIpc) is 2.80. The summed E-state index contributed by atoms with van der Waals surface area (Å²) in [5.74, 6) is -0.262. The van der Waals surface area contributed by atoms with Crippen LogP contribution in [0.15, 0.2) is 54.6 Å². The van der Waals surface area contributed by atoms with Crippen molar-refractivity contribution in [2.45, 2.75) is 44.9 Å². The smallest absolute Gasteiger partial charge is 0.408 e. The number of carbonyl (C=O) groups is 2. The molecular weight excluding hydrogens is 454 g/mol. The fraction of sp³-hybridized carbons (Fsp3) is 0.462. The van der Waals surface area contributed by atoms with Gasteiger partial charge in [0.2, 0.25) is 5.91 Å². The summed E-state index contributed by atoms with van der Waals surface area (Å²) in [5.41, 5.74) is 1.35. The third-order valence-corrected chi connectivity index (χ3v) is 5.75. The molecule has 1 aliphatic rings. The normalized spacial score (nSPS) is 16.4. The Morgan fingerprint density at radius 3 is 2.32 bits per heavy atom. The molecule has 34 heavy (non-hydrogen) atoms. The molecule has 2 aromatic rings. The van der Waals surface area contributed by atoms with Gasteiger partial charge in [0.25, 0.3) is 0 Å². The number of halogens is 1. The predicted molar refractivity (Wildman–Crippen MR) is 133 cm³/mol. The first-order valence-corrected chi connectivity index (χ1v) is 12.0. The maximum absolute atomic E-state index is 13.3. The summed E-state index contributed by atoms with van der Waals surface area (Å²) in [5, 5.41) is 6.47. The zero-order valence-electron chi connectivity index (χ0n) is 20.1. The Morgan fingerprint density at radius 1 is 1.06 bits per heavy atom. The minimum atomic E-state index is -0.771. The molecule has 2 aromatic carbocycles. The van der Waals surface area contributed by atoms with E-state index in [1.165, 1.54) is 0 Å².